The number of nitrogens with zero attached hydrogens (tertiary/aromatic N) is 1. The van der Waals surface area contributed by atoms with Crippen LogP contribution in [0.1, 0.15) is 24.1 Å². The summed E-state index contributed by atoms with van der Waals surface area (Å²) in [5.74, 6) is 0.574. The van der Waals surface area contributed by atoms with Crippen molar-refractivity contribution in [1.29, 1.82) is 0 Å². The van der Waals surface area contributed by atoms with Crippen LogP contribution in [0.5, 0.6) is 5.75 Å². The lowest BCUT2D eigenvalue weighted by Gasteiger charge is -2.18. The van der Waals surface area contributed by atoms with Crippen LogP contribution in [0.15, 0.2) is 12.1 Å². The number of hydrogen-bond donors (Lipinski definition) is 1. The van der Waals surface area contributed by atoms with Gasteiger partial charge < -0.3 is 15.0 Å². The van der Waals surface area contributed by atoms with Gasteiger partial charge in [-0.3, -0.25) is 0 Å². The van der Waals surface area contributed by atoms with Crippen LogP contribution in [-0.4, -0.2) is 39.2 Å². The molecule has 1 unspecified atom stereocenters. The topological polar surface area (TPSA) is 24.5 Å². The van der Waals surface area contributed by atoms with Gasteiger partial charge in [-0.1, -0.05) is 0 Å². The van der Waals surface area contributed by atoms with Crippen molar-refractivity contribution in [3.8, 4) is 5.75 Å². The van der Waals surface area contributed by atoms with E-state index in [2.05, 4.69) is 10.2 Å². The Labute approximate surface area is 109 Å². The fraction of sp³-hybridized carbons (Fsp3) is 0.571. The number of aryl methyl sites for hydroxylation is 1. The maximum atomic E-state index is 13.6. The van der Waals surface area contributed by atoms with Crippen molar-refractivity contribution in [1.82, 2.24) is 10.2 Å². The number of nitrogens with one attached hydrogen (secondary N) is 1. The highest BCUT2D eigenvalue weighted by Gasteiger charge is 2.13. The van der Waals surface area contributed by atoms with Crippen LogP contribution in [-0.2, 0) is 0 Å². The summed E-state index contributed by atoms with van der Waals surface area (Å²) in [5.41, 5.74) is 1.47. The highest BCUT2D eigenvalue weighted by molar-refractivity contribution is 5.40. The average molecular weight is 254 g/mol. The van der Waals surface area contributed by atoms with Crippen LogP contribution in [0.25, 0.3) is 0 Å². The van der Waals surface area contributed by atoms with Crippen LogP contribution >= 0.6 is 0 Å². The monoisotopic (exact) mass is 254 g/mol. The average Bonchev–Trinajstić information content (AvgIpc) is 2.32. The second-order valence-electron chi connectivity index (χ2n) is 4.80. The first-order valence-electron chi connectivity index (χ1n) is 6.20. The van der Waals surface area contributed by atoms with Gasteiger partial charge in [-0.2, -0.15) is 0 Å². The molecule has 4 heteroatoms. The first-order valence-corrected chi connectivity index (χ1v) is 6.20. The molecule has 1 atom stereocenters. The maximum Gasteiger partial charge on any atom is 0.126 e. The van der Waals surface area contributed by atoms with Gasteiger partial charge in [0.15, 0.2) is 0 Å². The summed E-state index contributed by atoms with van der Waals surface area (Å²) in [6.07, 6.45) is 0. The Morgan fingerprint density at radius 2 is 2.06 bits per heavy atom. The predicted molar refractivity (Wildman–Crippen MR) is 72.7 cm³/mol. The predicted octanol–water partition coefficient (Wildman–Crippen LogP) is 2.35. The van der Waals surface area contributed by atoms with E-state index in [1.807, 2.05) is 28.1 Å². The van der Waals surface area contributed by atoms with Gasteiger partial charge in [-0.15, -0.1) is 0 Å². The van der Waals surface area contributed by atoms with E-state index in [-0.39, 0.29) is 11.9 Å². The SMILES string of the molecule is CNC(C)c1cc(F)c(C)cc1OCCN(C)C. The lowest BCUT2D eigenvalue weighted by Crippen LogP contribution is -2.21. The van der Waals surface area contributed by atoms with Crippen molar-refractivity contribution in [2.75, 3.05) is 34.3 Å². The number of rotatable bonds is 6. The van der Waals surface area contributed by atoms with E-state index < -0.39 is 0 Å². The molecule has 3 nitrogen and oxygen atoms in total. The van der Waals surface area contributed by atoms with Crippen molar-refractivity contribution in [2.45, 2.75) is 19.9 Å². The van der Waals surface area contributed by atoms with Gasteiger partial charge in [0.2, 0.25) is 0 Å². The summed E-state index contributed by atoms with van der Waals surface area (Å²) >= 11 is 0. The maximum absolute atomic E-state index is 13.6. The molecule has 1 aromatic rings. The number of halogens is 1. The zero-order valence-electron chi connectivity index (χ0n) is 11.9. The fourth-order valence-corrected chi connectivity index (χ4v) is 1.63. The van der Waals surface area contributed by atoms with Crippen molar-refractivity contribution < 1.29 is 9.13 Å². The van der Waals surface area contributed by atoms with Gasteiger partial charge in [0.25, 0.3) is 0 Å². The summed E-state index contributed by atoms with van der Waals surface area (Å²) in [6.45, 7) is 5.18. The highest BCUT2D eigenvalue weighted by Crippen LogP contribution is 2.28. The van der Waals surface area contributed by atoms with E-state index in [1.54, 1.807) is 19.1 Å². The molecule has 0 saturated carbocycles. The van der Waals surface area contributed by atoms with Crippen LogP contribution in [0.3, 0.4) is 0 Å². The molecule has 0 aliphatic carbocycles. The van der Waals surface area contributed by atoms with Crippen molar-refractivity contribution in [3.63, 3.8) is 0 Å². The Balaban J connectivity index is 2.89. The summed E-state index contributed by atoms with van der Waals surface area (Å²) in [7, 11) is 5.85. The molecule has 0 amide bonds. The minimum Gasteiger partial charge on any atom is -0.492 e. The molecule has 0 spiro atoms. The summed E-state index contributed by atoms with van der Waals surface area (Å²) < 4.78 is 19.4. The molecule has 0 heterocycles. The lowest BCUT2D eigenvalue weighted by molar-refractivity contribution is 0.257. The third-order valence-corrected chi connectivity index (χ3v) is 2.99. The summed E-state index contributed by atoms with van der Waals surface area (Å²) in [6, 6.07) is 3.39. The van der Waals surface area contributed by atoms with Gasteiger partial charge >= 0.3 is 0 Å². The van der Waals surface area contributed by atoms with Gasteiger partial charge in [0, 0.05) is 18.2 Å². The zero-order valence-corrected chi connectivity index (χ0v) is 11.9. The van der Waals surface area contributed by atoms with Crippen LogP contribution in [0.2, 0.25) is 0 Å². The summed E-state index contributed by atoms with van der Waals surface area (Å²) in [5, 5.41) is 3.11. The van der Waals surface area contributed by atoms with E-state index in [1.165, 1.54) is 0 Å². The largest absolute Gasteiger partial charge is 0.492 e. The van der Waals surface area contributed by atoms with Gasteiger partial charge in [-0.05, 0) is 52.7 Å². The van der Waals surface area contributed by atoms with E-state index in [4.69, 9.17) is 4.74 Å². The molecule has 1 aromatic carbocycles. The van der Waals surface area contributed by atoms with Gasteiger partial charge in [-0.25, -0.2) is 4.39 Å². The molecule has 0 saturated heterocycles. The molecule has 0 aliphatic heterocycles. The standard InChI is InChI=1S/C14H23FN2O/c1-10-8-14(18-7-6-17(4)5)12(9-13(10)15)11(2)16-3/h8-9,11,16H,6-7H2,1-5H3. The third kappa shape index (κ3) is 3.96. The number of benzene rings is 1. The van der Waals surface area contributed by atoms with Crippen LogP contribution < -0.4 is 10.1 Å². The quantitative estimate of drug-likeness (QED) is 0.843. The lowest BCUT2D eigenvalue weighted by atomic mass is 10.0. The minimum atomic E-state index is -0.188. The van der Waals surface area contributed by atoms with E-state index >= 15 is 0 Å². The van der Waals surface area contributed by atoms with E-state index in [9.17, 15) is 4.39 Å². The molecular weight excluding hydrogens is 231 g/mol. The molecule has 1 N–H and O–H groups in total. The molecule has 0 aliphatic rings. The minimum absolute atomic E-state index is 0.0643. The number of hydrogen-bond acceptors (Lipinski definition) is 3. The Bertz CT molecular complexity index is 394. The Hall–Kier alpha value is -1.13. The fourth-order valence-electron chi connectivity index (χ4n) is 1.63. The third-order valence-electron chi connectivity index (χ3n) is 2.99. The van der Waals surface area contributed by atoms with Gasteiger partial charge in [0.05, 0.1) is 0 Å². The summed E-state index contributed by atoms with van der Waals surface area (Å²) in [4.78, 5) is 2.05. The van der Waals surface area contributed by atoms with E-state index in [0.29, 0.717) is 12.2 Å². The second-order valence-corrected chi connectivity index (χ2v) is 4.80. The zero-order chi connectivity index (χ0) is 13.7. The highest BCUT2D eigenvalue weighted by atomic mass is 19.1. The van der Waals surface area contributed by atoms with Gasteiger partial charge in [0.1, 0.15) is 18.2 Å². The van der Waals surface area contributed by atoms with E-state index in [0.717, 1.165) is 17.9 Å². The first-order chi connectivity index (χ1) is 8.45. The molecule has 0 aromatic heterocycles. The number of ether oxygens (including phenoxy) is 1. The normalized spacial score (nSPS) is 12.8. The smallest absolute Gasteiger partial charge is 0.126 e. The van der Waals surface area contributed by atoms with Crippen LogP contribution in [0.4, 0.5) is 4.39 Å². The molecule has 0 fully saturated rings. The van der Waals surface area contributed by atoms with Crippen molar-refractivity contribution in [3.05, 3.63) is 29.1 Å². The Morgan fingerprint density at radius 3 is 2.61 bits per heavy atom. The Kier molecular flexibility index (Phi) is 5.56. The molecule has 102 valence electrons. The van der Waals surface area contributed by atoms with Crippen LogP contribution in [0, 0.1) is 12.7 Å². The van der Waals surface area contributed by atoms with Crippen molar-refractivity contribution in [2.24, 2.45) is 0 Å². The van der Waals surface area contributed by atoms with Crippen molar-refractivity contribution >= 4 is 0 Å². The second kappa shape index (κ2) is 6.71. The number of likely N-dealkylation sites (N-methyl/N-ethyl adjacent to an activating group) is 1. The Morgan fingerprint density at radius 1 is 1.39 bits per heavy atom. The molecule has 0 bridgehead atoms. The molecule has 0 radical (unpaired) electrons. The first kappa shape index (κ1) is 14.9. The molecule has 18 heavy (non-hydrogen) atoms. The molecule has 1 rings (SSSR count). The molecular formula is C14H23FN2O.